The topological polar surface area (TPSA) is 62.1 Å². The summed E-state index contributed by atoms with van der Waals surface area (Å²) in [6, 6.07) is 7.30. The Morgan fingerprint density at radius 2 is 2.16 bits per heavy atom. The Morgan fingerprint density at radius 1 is 1.47 bits per heavy atom. The average Bonchev–Trinajstić information content (AvgIpc) is 2.42. The van der Waals surface area contributed by atoms with Crippen molar-refractivity contribution in [1.82, 2.24) is 0 Å². The van der Waals surface area contributed by atoms with E-state index < -0.39 is 5.41 Å². The van der Waals surface area contributed by atoms with Crippen LogP contribution < -0.4 is 5.32 Å². The lowest BCUT2D eigenvalue weighted by atomic mass is 9.81. The molecule has 0 unspecified atom stereocenters. The molecule has 1 aromatic carbocycles. The summed E-state index contributed by atoms with van der Waals surface area (Å²) in [5, 5.41) is 12.5. The second kappa shape index (κ2) is 5.91. The van der Waals surface area contributed by atoms with Gasteiger partial charge in [0, 0.05) is 17.7 Å². The van der Waals surface area contributed by atoms with Gasteiger partial charge in [0.05, 0.1) is 16.8 Å². The first-order valence-electron chi connectivity index (χ1n) is 5.83. The van der Waals surface area contributed by atoms with Gasteiger partial charge in [0.15, 0.2) is 0 Å². The van der Waals surface area contributed by atoms with Crippen molar-refractivity contribution in [2.75, 3.05) is 18.5 Å². The highest BCUT2D eigenvalue weighted by atomic mass is 79.9. The lowest BCUT2D eigenvalue weighted by Crippen LogP contribution is -2.40. The van der Waals surface area contributed by atoms with E-state index in [9.17, 15) is 10.1 Å². The molecule has 1 heterocycles. The van der Waals surface area contributed by atoms with Gasteiger partial charge in [-0.25, -0.2) is 0 Å². The maximum Gasteiger partial charge on any atom is 0.245 e. The quantitative estimate of drug-likeness (QED) is 0.895. The Labute approximate surface area is 124 Å². The number of nitriles is 1. The molecule has 1 aliphatic rings. The number of anilines is 1. The third kappa shape index (κ3) is 3.08. The molecular weight excluding hydrogens is 332 g/mol. The minimum absolute atomic E-state index is 0.317. The molecule has 4 nitrogen and oxygen atoms in total. The van der Waals surface area contributed by atoms with Crippen molar-refractivity contribution in [3.63, 3.8) is 0 Å². The maximum absolute atomic E-state index is 12.3. The van der Waals surface area contributed by atoms with Crippen LogP contribution in [0.1, 0.15) is 12.8 Å². The first kappa shape index (κ1) is 14.3. The fourth-order valence-corrected chi connectivity index (χ4v) is 2.66. The van der Waals surface area contributed by atoms with Crippen LogP contribution in [0.5, 0.6) is 0 Å². The van der Waals surface area contributed by atoms with E-state index in [0.717, 1.165) is 4.47 Å². The van der Waals surface area contributed by atoms with Gasteiger partial charge in [-0.3, -0.25) is 4.79 Å². The Morgan fingerprint density at radius 3 is 2.74 bits per heavy atom. The van der Waals surface area contributed by atoms with Gasteiger partial charge in [0.2, 0.25) is 5.91 Å². The molecule has 100 valence electrons. The molecule has 0 bridgehead atoms. The van der Waals surface area contributed by atoms with E-state index in [1.807, 2.05) is 0 Å². The van der Waals surface area contributed by atoms with Crippen molar-refractivity contribution in [2.45, 2.75) is 12.8 Å². The second-order valence-electron chi connectivity index (χ2n) is 4.38. The molecule has 1 aromatic rings. The van der Waals surface area contributed by atoms with Crippen molar-refractivity contribution < 1.29 is 9.53 Å². The molecule has 1 saturated heterocycles. The molecule has 2 rings (SSSR count). The lowest BCUT2D eigenvalue weighted by Gasteiger charge is -2.29. The number of hydrogen-bond donors (Lipinski definition) is 1. The van der Waals surface area contributed by atoms with Gasteiger partial charge in [-0.05, 0) is 31.0 Å². The average molecular weight is 344 g/mol. The highest BCUT2D eigenvalue weighted by molar-refractivity contribution is 9.10. The van der Waals surface area contributed by atoms with Crippen LogP contribution in [0, 0.1) is 16.7 Å². The van der Waals surface area contributed by atoms with Gasteiger partial charge in [-0.1, -0.05) is 27.5 Å². The van der Waals surface area contributed by atoms with Crippen LogP contribution in [0.3, 0.4) is 0 Å². The number of carbonyl (C=O) groups excluding carboxylic acids is 1. The van der Waals surface area contributed by atoms with Crippen LogP contribution in [0.15, 0.2) is 22.7 Å². The van der Waals surface area contributed by atoms with Crippen molar-refractivity contribution in [1.29, 1.82) is 5.26 Å². The highest BCUT2D eigenvalue weighted by Gasteiger charge is 2.40. The normalized spacial score (nSPS) is 17.5. The fraction of sp³-hybridized carbons (Fsp3) is 0.385. The minimum atomic E-state index is -1.02. The number of benzene rings is 1. The summed E-state index contributed by atoms with van der Waals surface area (Å²) in [6.45, 7) is 0.851. The molecule has 0 radical (unpaired) electrons. The predicted molar refractivity (Wildman–Crippen MR) is 75.9 cm³/mol. The van der Waals surface area contributed by atoms with Crippen LogP contribution >= 0.6 is 27.5 Å². The minimum Gasteiger partial charge on any atom is -0.381 e. The number of halogens is 2. The second-order valence-corrected chi connectivity index (χ2v) is 5.71. The monoisotopic (exact) mass is 342 g/mol. The Balaban J connectivity index is 2.18. The zero-order chi connectivity index (χ0) is 13.9. The molecule has 0 aromatic heterocycles. The zero-order valence-corrected chi connectivity index (χ0v) is 12.4. The Bertz CT molecular complexity index is 536. The van der Waals surface area contributed by atoms with Crippen molar-refractivity contribution >= 4 is 39.1 Å². The molecule has 1 N–H and O–H groups in total. The smallest absolute Gasteiger partial charge is 0.245 e. The van der Waals surface area contributed by atoms with Crippen LogP contribution in [0.4, 0.5) is 5.69 Å². The summed E-state index contributed by atoms with van der Waals surface area (Å²) < 4.78 is 6.03. The first-order chi connectivity index (χ1) is 9.07. The highest BCUT2D eigenvalue weighted by Crippen LogP contribution is 2.33. The van der Waals surface area contributed by atoms with Gasteiger partial charge >= 0.3 is 0 Å². The summed E-state index contributed by atoms with van der Waals surface area (Å²) >= 11 is 9.35. The van der Waals surface area contributed by atoms with Crippen molar-refractivity contribution in [2.24, 2.45) is 5.41 Å². The van der Waals surface area contributed by atoms with Crippen molar-refractivity contribution in [3.8, 4) is 6.07 Å². The fourth-order valence-electron chi connectivity index (χ4n) is 1.94. The number of ether oxygens (including phenoxy) is 1. The number of amides is 1. The van der Waals surface area contributed by atoms with Crippen LogP contribution in [0.2, 0.25) is 5.02 Å². The van der Waals surface area contributed by atoms with E-state index in [-0.39, 0.29) is 5.91 Å². The molecule has 19 heavy (non-hydrogen) atoms. The van der Waals surface area contributed by atoms with Crippen LogP contribution in [0.25, 0.3) is 0 Å². The summed E-state index contributed by atoms with van der Waals surface area (Å²) in [5.74, 6) is -0.317. The number of hydrogen-bond acceptors (Lipinski definition) is 3. The molecule has 1 amide bonds. The Hall–Kier alpha value is -1.09. The van der Waals surface area contributed by atoms with Crippen LogP contribution in [-0.2, 0) is 9.53 Å². The molecule has 1 aliphatic heterocycles. The van der Waals surface area contributed by atoms with Gasteiger partial charge in [-0.2, -0.15) is 5.26 Å². The number of nitrogens with zero attached hydrogens (tertiary/aromatic N) is 1. The SMILES string of the molecule is N#CC1(C(=O)Nc2ccc(Br)cc2Cl)CCOCC1. The van der Waals surface area contributed by atoms with E-state index in [1.54, 1.807) is 18.2 Å². The Kier molecular flexibility index (Phi) is 4.46. The molecule has 0 aliphatic carbocycles. The van der Waals surface area contributed by atoms with Crippen LogP contribution in [-0.4, -0.2) is 19.1 Å². The van der Waals surface area contributed by atoms with E-state index in [1.165, 1.54) is 0 Å². The molecule has 6 heteroatoms. The van der Waals surface area contributed by atoms with Gasteiger partial charge < -0.3 is 10.1 Å². The van der Waals surface area contributed by atoms with Crippen molar-refractivity contribution in [3.05, 3.63) is 27.7 Å². The summed E-state index contributed by atoms with van der Waals surface area (Å²) in [6.07, 6.45) is 0.812. The predicted octanol–water partition coefficient (Wildman–Crippen LogP) is 3.36. The third-order valence-corrected chi connectivity index (χ3v) is 3.98. The van der Waals surface area contributed by atoms with Gasteiger partial charge in [-0.15, -0.1) is 0 Å². The molecule has 0 atom stereocenters. The number of rotatable bonds is 2. The van der Waals surface area contributed by atoms with E-state index in [4.69, 9.17) is 16.3 Å². The van der Waals surface area contributed by atoms with E-state index >= 15 is 0 Å². The summed E-state index contributed by atoms with van der Waals surface area (Å²) in [4.78, 5) is 12.3. The first-order valence-corrected chi connectivity index (χ1v) is 7.00. The largest absolute Gasteiger partial charge is 0.381 e. The van der Waals surface area contributed by atoms with Gasteiger partial charge in [0.25, 0.3) is 0 Å². The lowest BCUT2D eigenvalue weighted by molar-refractivity contribution is -0.126. The van der Waals surface area contributed by atoms with Gasteiger partial charge in [0.1, 0.15) is 5.41 Å². The summed E-state index contributed by atoms with van der Waals surface area (Å²) in [7, 11) is 0. The maximum atomic E-state index is 12.3. The molecule has 1 fully saturated rings. The standard InChI is InChI=1S/C13H12BrClN2O2/c14-9-1-2-11(10(15)7-9)17-12(18)13(8-16)3-5-19-6-4-13/h1-2,7H,3-6H2,(H,17,18). The molecule has 0 saturated carbocycles. The van der Waals surface area contributed by atoms with E-state index in [2.05, 4.69) is 27.3 Å². The molecular formula is C13H12BrClN2O2. The molecule has 0 spiro atoms. The van der Waals surface area contributed by atoms with E-state index in [0.29, 0.717) is 36.8 Å². The third-order valence-electron chi connectivity index (χ3n) is 3.17. The zero-order valence-electron chi connectivity index (χ0n) is 10.1. The number of nitrogens with one attached hydrogen (secondary N) is 1. The number of carbonyl (C=O) groups is 1. The summed E-state index contributed by atoms with van der Waals surface area (Å²) in [5.41, 5.74) is -0.509.